The molecule has 0 saturated heterocycles. The van der Waals surface area contributed by atoms with E-state index in [4.69, 9.17) is 11.5 Å². The smallest absolute Gasteiger partial charge is 0.0314 e. The van der Waals surface area contributed by atoms with Gasteiger partial charge < -0.3 is 11.5 Å². The molecule has 80 valence electrons. The van der Waals surface area contributed by atoms with Crippen LogP contribution in [0.15, 0.2) is 66.2 Å². The molecule has 4 N–H and O–H groups in total. The van der Waals surface area contributed by atoms with Gasteiger partial charge in [-0.2, -0.15) is 0 Å². The van der Waals surface area contributed by atoms with Crippen LogP contribution in [0.1, 0.15) is 0 Å². The Morgan fingerprint density at radius 1 is 1.20 bits per heavy atom. The predicted octanol–water partition coefficient (Wildman–Crippen LogP) is 2.76. The fourth-order valence-corrected chi connectivity index (χ4v) is 0.828. The van der Waals surface area contributed by atoms with Crippen LogP contribution in [0.2, 0.25) is 0 Å². The Labute approximate surface area is 96.4 Å². The molecule has 0 aromatic heterocycles. The summed E-state index contributed by atoms with van der Waals surface area (Å²) in [4.78, 5) is 0.944. The normalized spacial score (nSPS) is 9.80. The number of rotatable bonds is 2. The summed E-state index contributed by atoms with van der Waals surface area (Å²) in [5, 5.41) is 0. The molecule has 3 heteroatoms. The van der Waals surface area contributed by atoms with Gasteiger partial charge in [-0.05, 0) is 36.4 Å². The Bertz CT molecular complexity index is 318. The van der Waals surface area contributed by atoms with Gasteiger partial charge in [-0.25, -0.2) is 0 Å². The highest BCUT2D eigenvalue weighted by Crippen LogP contribution is 2.07. The number of hydrogen-bond acceptors (Lipinski definition) is 3. The maximum Gasteiger partial charge on any atom is 0.0314 e. The number of thiol groups is 1. The Morgan fingerprint density at radius 3 is 2.00 bits per heavy atom. The zero-order chi connectivity index (χ0) is 11.7. The Hall–Kier alpha value is -1.61. The van der Waals surface area contributed by atoms with Gasteiger partial charge in [0.1, 0.15) is 0 Å². The summed E-state index contributed by atoms with van der Waals surface area (Å²) in [6, 6.07) is 7.36. The third-order valence-electron chi connectivity index (χ3n) is 1.44. The van der Waals surface area contributed by atoms with Gasteiger partial charge in [0.05, 0.1) is 0 Å². The minimum absolute atomic E-state index is 0.648. The summed E-state index contributed by atoms with van der Waals surface area (Å²) in [6.07, 6.45) is 4.88. The van der Waals surface area contributed by atoms with Crippen LogP contribution in [0, 0.1) is 0 Å². The monoisotopic (exact) mass is 220 g/mol. The molecule has 0 aliphatic rings. The molecule has 1 aromatic rings. The van der Waals surface area contributed by atoms with E-state index in [9.17, 15) is 0 Å². The molecule has 0 radical (unpaired) electrons. The lowest BCUT2D eigenvalue weighted by molar-refractivity contribution is 1.44. The zero-order valence-corrected chi connectivity index (χ0v) is 9.45. The third kappa shape index (κ3) is 7.46. The molecule has 0 unspecified atom stereocenters. The first kappa shape index (κ1) is 13.4. The molecule has 0 heterocycles. The van der Waals surface area contributed by atoms with Crippen molar-refractivity contribution in [2.24, 2.45) is 5.73 Å². The fourth-order valence-electron chi connectivity index (χ4n) is 0.678. The van der Waals surface area contributed by atoms with Crippen molar-refractivity contribution in [2.45, 2.75) is 4.90 Å². The number of anilines is 1. The van der Waals surface area contributed by atoms with Crippen molar-refractivity contribution in [3.8, 4) is 0 Å². The first-order valence-corrected chi connectivity index (χ1v) is 4.80. The molecule has 0 saturated carbocycles. The van der Waals surface area contributed by atoms with Crippen LogP contribution in [0.25, 0.3) is 0 Å². The van der Waals surface area contributed by atoms with Gasteiger partial charge in [-0.1, -0.05) is 19.2 Å². The van der Waals surface area contributed by atoms with Crippen LogP contribution in [-0.2, 0) is 0 Å². The topological polar surface area (TPSA) is 52.0 Å². The Balaban J connectivity index is 0.000000265. The SMILES string of the molecule is C=C/C=C(/N)C=C.Nc1ccc(S)cc1. The lowest BCUT2D eigenvalue weighted by Gasteiger charge is -1.89. The van der Waals surface area contributed by atoms with E-state index < -0.39 is 0 Å². The molecule has 0 aliphatic carbocycles. The first-order chi connectivity index (χ1) is 7.10. The maximum atomic E-state index is 5.39. The van der Waals surface area contributed by atoms with Crippen LogP contribution in [0.4, 0.5) is 5.69 Å². The molecule has 2 nitrogen and oxygen atoms in total. The van der Waals surface area contributed by atoms with Crippen molar-refractivity contribution >= 4 is 18.3 Å². The van der Waals surface area contributed by atoms with Crippen LogP contribution in [-0.4, -0.2) is 0 Å². The third-order valence-corrected chi connectivity index (χ3v) is 1.74. The lowest BCUT2D eigenvalue weighted by Crippen LogP contribution is -1.89. The molecule has 1 aromatic carbocycles. The van der Waals surface area contributed by atoms with E-state index in [2.05, 4.69) is 25.8 Å². The highest BCUT2D eigenvalue weighted by Gasteiger charge is 1.81. The number of nitrogen functional groups attached to an aromatic ring is 1. The average molecular weight is 220 g/mol. The molecule has 0 amide bonds. The minimum Gasteiger partial charge on any atom is -0.399 e. The minimum atomic E-state index is 0.648. The molecule has 0 fully saturated rings. The zero-order valence-electron chi connectivity index (χ0n) is 8.56. The molecule has 0 bridgehead atoms. The van der Waals surface area contributed by atoms with E-state index in [1.54, 1.807) is 18.2 Å². The van der Waals surface area contributed by atoms with E-state index in [1.807, 2.05) is 24.3 Å². The molecule has 1 rings (SSSR count). The van der Waals surface area contributed by atoms with Gasteiger partial charge in [0, 0.05) is 16.3 Å². The molecule has 0 atom stereocenters. The summed E-state index contributed by atoms with van der Waals surface area (Å²) in [5.74, 6) is 0. The summed E-state index contributed by atoms with van der Waals surface area (Å²) < 4.78 is 0. The van der Waals surface area contributed by atoms with Crippen molar-refractivity contribution in [1.29, 1.82) is 0 Å². The van der Waals surface area contributed by atoms with E-state index in [0.29, 0.717) is 5.70 Å². The second-order valence-electron chi connectivity index (χ2n) is 2.70. The van der Waals surface area contributed by atoms with Crippen molar-refractivity contribution in [3.63, 3.8) is 0 Å². The standard InChI is InChI=1S/C6H7NS.C6H9N/c7-5-1-3-6(8)4-2-5;1-3-5-6(7)4-2/h1-4,8H,7H2;3-5H,1-2,7H2/b;6-5+. The van der Waals surface area contributed by atoms with Crippen molar-refractivity contribution < 1.29 is 0 Å². The largest absolute Gasteiger partial charge is 0.399 e. The second-order valence-corrected chi connectivity index (χ2v) is 3.21. The van der Waals surface area contributed by atoms with Gasteiger partial charge in [-0.3, -0.25) is 0 Å². The van der Waals surface area contributed by atoms with E-state index >= 15 is 0 Å². The summed E-state index contributed by atoms with van der Waals surface area (Å²) >= 11 is 4.08. The highest BCUT2D eigenvalue weighted by molar-refractivity contribution is 7.80. The molecular formula is C12H16N2S. The van der Waals surface area contributed by atoms with Crippen molar-refractivity contribution in [3.05, 3.63) is 61.3 Å². The summed E-state index contributed by atoms with van der Waals surface area (Å²) in [5.41, 5.74) is 12.1. The van der Waals surface area contributed by atoms with Crippen LogP contribution >= 0.6 is 12.6 Å². The maximum absolute atomic E-state index is 5.39. The average Bonchev–Trinajstić information content (AvgIpc) is 2.24. The van der Waals surface area contributed by atoms with Gasteiger partial charge in [0.15, 0.2) is 0 Å². The van der Waals surface area contributed by atoms with Gasteiger partial charge in [-0.15, -0.1) is 12.6 Å². The quantitative estimate of drug-likeness (QED) is 0.408. The van der Waals surface area contributed by atoms with Crippen LogP contribution in [0.3, 0.4) is 0 Å². The second kappa shape index (κ2) is 7.76. The molecule has 0 spiro atoms. The van der Waals surface area contributed by atoms with Crippen LogP contribution < -0.4 is 11.5 Å². The summed E-state index contributed by atoms with van der Waals surface area (Å²) in [6.45, 7) is 6.88. The van der Waals surface area contributed by atoms with Gasteiger partial charge in [0.2, 0.25) is 0 Å². The number of nitrogens with two attached hydrogens (primary N) is 2. The Morgan fingerprint density at radius 2 is 1.73 bits per heavy atom. The number of allylic oxidation sites excluding steroid dienone is 3. The van der Waals surface area contributed by atoms with E-state index in [0.717, 1.165) is 10.6 Å². The molecule has 0 aliphatic heterocycles. The highest BCUT2D eigenvalue weighted by atomic mass is 32.1. The first-order valence-electron chi connectivity index (χ1n) is 4.35. The van der Waals surface area contributed by atoms with Crippen molar-refractivity contribution in [2.75, 3.05) is 5.73 Å². The lowest BCUT2D eigenvalue weighted by atomic mass is 10.3. The van der Waals surface area contributed by atoms with E-state index in [-0.39, 0.29) is 0 Å². The Kier molecular flexibility index (Phi) is 6.93. The number of benzene rings is 1. The van der Waals surface area contributed by atoms with Crippen molar-refractivity contribution in [1.82, 2.24) is 0 Å². The predicted molar refractivity (Wildman–Crippen MR) is 70.8 cm³/mol. The van der Waals surface area contributed by atoms with Gasteiger partial charge in [0.25, 0.3) is 0 Å². The molecular weight excluding hydrogens is 204 g/mol. The fraction of sp³-hybridized carbons (Fsp3) is 0. The number of hydrogen-bond donors (Lipinski definition) is 3. The van der Waals surface area contributed by atoms with Gasteiger partial charge >= 0.3 is 0 Å². The van der Waals surface area contributed by atoms with E-state index in [1.165, 1.54) is 0 Å². The van der Waals surface area contributed by atoms with Crippen LogP contribution in [0.5, 0.6) is 0 Å². The molecule has 15 heavy (non-hydrogen) atoms. The summed E-state index contributed by atoms with van der Waals surface area (Å²) in [7, 11) is 0.